The van der Waals surface area contributed by atoms with Gasteiger partial charge in [0.05, 0.1) is 25.1 Å². The molecule has 2 amide bonds. The number of esters is 1. The Kier molecular flexibility index (Phi) is 8.76. The van der Waals surface area contributed by atoms with Gasteiger partial charge in [-0.2, -0.15) is 0 Å². The molecule has 0 aliphatic carbocycles. The van der Waals surface area contributed by atoms with E-state index in [9.17, 15) is 18.8 Å². The van der Waals surface area contributed by atoms with Gasteiger partial charge in [-0.15, -0.1) is 0 Å². The number of piperazine rings is 1. The molecule has 1 unspecified atom stereocenters. The van der Waals surface area contributed by atoms with Crippen LogP contribution in [0.15, 0.2) is 72.9 Å². The normalized spacial score (nSPS) is 15.4. The minimum atomic E-state index is -0.720. The Balaban J connectivity index is 1.60. The van der Waals surface area contributed by atoms with Gasteiger partial charge in [0.25, 0.3) is 5.91 Å². The van der Waals surface area contributed by atoms with Gasteiger partial charge in [0, 0.05) is 37.8 Å². The summed E-state index contributed by atoms with van der Waals surface area (Å²) in [4.78, 5) is 43.3. The molecule has 0 radical (unpaired) electrons. The van der Waals surface area contributed by atoms with E-state index in [4.69, 9.17) is 9.47 Å². The molecule has 44 heavy (non-hydrogen) atoms. The summed E-state index contributed by atoms with van der Waals surface area (Å²) >= 11 is 0. The molecule has 3 heterocycles. The highest BCUT2D eigenvalue weighted by molar-refractivity contribution is 6.01. The van der Waals surface area contributed by atoms with E-state index in [1.165, 1.54) is 18.1 Å². The minimum absolute atomic E-state index is 0.0843. The molecule has 1 atom stereocenters. The first-order valence-electron chi connectivity index (χ1n) is 14.8. The van der Waals surface area contributed by atoms with Gasteiger partial charge in [0.15, 0.2) is 0 Å². The third-order valence-corrected chi connectivity index (χ3v) is 7.98. The highest BCUT2D eigenvalue weighted by Crippen LogP contribution is 2.36. The first-order valence-corrected chi connectivity index (χ1v) is 14.8. The summed E-state index contributed by atoms with van der Waals surface area (Å²) in [6, 6.07) is 20.0. The molecule has 8 nitrogen and oxygen atoms in total. The van der Waals surface area contributed by atoms with E-state index in [0.29, 0.717) is 17.7 Å². The number of benzene rings is 2. The summed E-state index contributed by atoms with van der Waals surface area (Å²) in [6.45, 7) is 7.64. The number of pyridine rings is 1. The number of rotatable bonds is 6. The second-order valence-electron chi connectivity index (χ2n) is 12.1. The highest BCUT2D eigenvalue weighted by Gasteiger charge is 2.38. The molecule has 1 aliphatic rings. The minimum Gasteiger partial charge on any atom is -0.469 e. The molecule has 2 aromatic carbocycles. The van der Waals surface area contributed by atoms with Crippen molar-refractivity contribution in [1.29, 1.82) is 0 Å². The van der Waals surface area contributed by atoms with Crippen molar-refractivity contribution in [3.8, 4) is 11.1 Å². The Morgan fingerprint density at radius 3 is 2.39 bits per heavy atom. The van der Waals surface area contributed by atoms with Crippen molar-refractivity contribution in [3.63, 3.8) is 0 Å². The zero-order valence-corrected chi connectivity index (χ0v) is 25.8. The lowest BCUT2D eigenvalue weighted by atomic mass is 9.93. The van der Waals surface area contributed by atoms with Crippen molar-refractivity contribution in [1.82, 2.24) is 14.2 Å². The lowest BCUT2D eigenvalue weighted by Gasteiger charge is -2.41. The van der Waals surface area contributed by atoms with Crippen LogP contribution in [0.2, 0.25) is 0 Å². The SMILES string of the molecule is COC(=O)CC1CN(C(=O)c2c(Cc3cccc(F)c3C)c(-c3ccccc3)c3ccccn23)CCN1C(=O)OC(C)(C)C. The fourth-order valence-corrected chi connectivity index (χ4v) is 5.83. The molecule has 5 rings (SSSR count). The number of carbonyl (C=O) groups excluding carboxylic acids is 3. The summed E-state index contributed by atoms with van der Waals surface area (Å²) < 4.78 is 27.1. The van der Waals surface area contributed by atoms with Crippen LogP contribution in [0.1, 0.15) is 54.4 Å². The number of ether oxygens (including phenoxy) is 2. The lowest BCUT2D eigenvalue weighted by molar-refractivity contribution is -0.142. The fourth-order valence-electron chi connectivity index (χ4n) is 5.83. The van der Waals surface area contributed by atoms with E-state index in [2.05, 4.69) is 0 Å². The van der Waals surface area contributed by atoms with Crippen LogP contribution in [0.5, 0.6) is 0 Å². The predicted molar refractivity (Wildman–Crippen MR) is 166 cm³/mol. The van der Waals surface area contributed by atoms with E-state index in [1.807, 2.05) is 65.2 Å². The molecular formula is C35H38FN3O5. The number of carbonyl (C=O) groups is 3. The monoisotopic (exact) mass is 599 g/mol. The molecule has 4 aromatic rings. The van der Waals surface area contributed by atoms with Crippen LogP contribution in [0.25, 0.3) is 16.6 Å². The number of nitrogens with zero attached hydrogens (tertiary/aromatic N) is 3. The van der Waals surface area contributed by atoms with Gasteiger partial charge >= 0.3 is 12.1 Å². The van der Waals surface area contributed by atoms with Crippen LogP contribution in [0.4, 0.5) is 9.18 Å². The largest absolute Gasteiger partial charge is 0.469 e. The number of halogens is 1. The second-order valence-corrected chi connectivity index (χ2v) is 12.1. The van der Waals surface area contributed by atoms with Gasteiger partial charge in [-0.05, 0) is 68.1 Å². The van der Waals surface area contributed by atoms with E-state index < -0.39 is 23.7 Å². The molecule has 0 bridgehead atoms. The van der Waals surface area contributed by atoms with Crippen molar-refractivity contribution in [3.05, 3.63) is 101 Å². The van der Waals surface area contributed by atoms with Crippen LogP contribution in [-0.2, 0) is 20.7 Å². The third-order valence-electron chi connectivity index (χ3n) is 7.98. The third kappa shape index (κ3) is 6.32. The topological polar surface area (TPSA) is 80.6 Å². The predicted octanol–water partition coefficient (Wildman–Crippen LogP) is 6.27. The molecule has 2 aromatic heterocycles. The van der Waals surface area contributed by atoms with Crippen LogP contribution in [0, 0.1) is 12.7 Å². The first-order chi connectivity index (χ1) is 21.0. The number of hydrogen-bond acceptors (Lipinski definition) is 5. The number of amides is 2. The summed E-state index contributed by atoms with van der Waals surface area (Å²) in [7, 11) is 1.30. The zero-order valence-electron chi connectivity index (χ0n) is 25.8. The van der Waals surface area contributed by atoms with Gasteiger partial charge in [-0.3, -0.25) is 9.59 Å². The molecule has 0 N–H and O–H groups in total. The standard InChI is InChI=1S/C35H38FN3O5/c1-23-25(14-11-15-28(23)36)20-27-31(24-12-7-6-8-13-24)29-16-9-10-17-39(29)32(27)33(41)37-18-19-38(34(42)44-35(2,3)4)26(22-37)21-30(40)43-5/h6-17,26H,18-22H2,1-5H3. The summed E-state index contributed by atoms with van der Waals surface area (Å²) in [5.74, 6) is -1.03. The lowest BCUT2D eigenvalue weighted by Crippen LogP contribution is -2.58. The van der Waals surface area contributed by atoms with Crippen LogP contribution in [-0.4, -0.2) is 70.6 Å². The molecule has 1 aliphatic heterocycles. The Bertz CT molecular complexity index is 1690. The van der Waals surface area contributed by atoms with E-state index in [0.717, 1.165) is 27.8 Å². The van der Waals surface area contributed by atoms with Gasteiger partial charge in [-0.25, -0.2) is 9.18 Å². The molecule has 1 fully saturated rings. The summed E-state index contributed by atoms with van der Waals surface area (Å²) in [5.41, 5.74) is 4.53. The van der Waals surface area contributed by atoms with Crippen molar-refractivity contribution in [2.24, 2.45) is 0 Å². The van der Waals surface area contributed by atoms with E-state index in [1.54, 1.807) is 38.7 Å². The smallest absolute Gasteiger partial charge is 0.410 e. The Morgan fingerprint density at radius 2 is 1.68 bits per heavy atom. The Labute approximate surface area is 257 Å². The molecule has 1 saturated heterocycles. The van der Waals surface area contributed by atoms with Crippen LogP contribution >= 0.6 is 0 Å². The van der Waals surface area contributed by atoms with Gasteiger partial charge < -0.3 is 23.7 Å². The van der Waals surface area contributed by atoms with Crippen LogP contribution < -0.4 is 0 Å². The van der Waals surface area contributed by atoms with Gasteiger partial charge in [-0.1, -0.05) is 48.5 Å². The molecule has 230 valence electrons. The first kappa shape index (κ1) is 30.8. The summed E-state index contributed by atoms with van der Waals surface area (Å²) in [6.07, 6.45) is 1.57. The summed E-state index contributed by atoms with van der Waals surface area (Å²) in [5, 5.41) is 0. The maximum Gasteiger partial charge on any atom is 0.410 e. The maximum atomic E-state index is 14.7. The van der Waals surface area contributed by atoms with Gasteiger partial charge in [0.1, 0.15) is 17.1 Å². The van der Waals surface area contributed by atoms with Crippen molar-refractivity contribution in [2.75, 3.05) is 26.7 Å². The number of fused-ring (bicyclic) bond motifs is 1. The average molecular weight is 600 g/mol. The number of aromatic nitrogens is 1. The maximum absolute atomic E-state index is 14.7. The van der Waals surface area contributed by atoms with Gasteiger partial charge in [0.2, 0.25) is 0 Å². The van der Waals surface area contributed by atoms with Crippen molar-refractivity contribution in [2.45, 2.75) is 52.2 Å². The Morgan fingerprint density at radius 1 is 0.955 bits per heavy atom. The number of methoxy groups -OCH3 is 1. The average Bonchev–Trinajstić information content (AvgIpc) is 3.32. The zero-order chi connectivity index (χ0) is 31.6. The molecular weight excluding hydrogens is 561 g/mol. The second kappa shape index (κ2) is 12.5. The molecule has 0 saturated carbocycles. The Hall–Kier alpha value is -4.66. The quantitative estimate of drug-likeness (QED) is 0.244. The molecule has 9 heteroatoms. The van der Waals surface area contributed by atoms with Crippen LogP contribution in [0.3, 0.4) is 0 Å². The highest BCUT2D eigenvalue weighted by atomic mass is 19.1. The van der Waals surface area contributed by atoms with Crippen molar-refractivity contribution >= 4 is 23.5 Å². The van der Waals surface area contributed by atoms with Crippen molar-refractivity contribution < 1.29 is 28.2 Å². The fraction of sp³-hybridized carbons (Fsp3) is 0.343. The van der Waals surface area contributed by atoms with E-state index >= 15 is 0 Å². The molecule has 0 spiro atoms. The van der Waals surface area contributed by atoms with E-state index in [-0.39, 0.29) is 37.8 Å². The number of hydrogen-bond donors (Lipinski definition) is 0.